The first-order chi connectivity index (χ1) is 14.2. The first-order valence-corrected chi connectivity index (χ1v) is 9.54. The maximum atomic E-state index is 13.0. The standard InChI is InChI=1S/C21H20FN3O4/c22-15-6-8-16(9-7-15)28-17-12-26-18-10-25(11-19(18)27-13-17)21-23-20(29-24-21)14-4-2-1-3-5-14/h1-9,17-19H,10-13H2/t18-,19-/m0/s1. The van der Waals surface area contributed by atoms with Crippen molar-refractivity contribution in [2.75, 3.05) is 31.2 Å². The zero-order valence-corrected chi connectivity index (χ0v) is 15.6. The molecule has 2 saturated heterocycles. The lowest BCUT2D eigenvalue weighted by Crippen LogP contribution is -2.29. The summed E-state index contributed by atoms with van der Waals surface area (Å²) in [5.74, 6) is 1.32. The average Bonchev–Trinajstić information content (AvgIpc) is 3.36. The van der Waals surface area contributed by atoms with Gasteiger partial charge in [-0.15, -0.1) is 0 Å². The minimum absolute atomic E-state index is 0.101. The van der Waals surface area contributed by atoms with E-state index in [2.05, 4.69) is 10.1 Å². The minimum atomic E-state index is -0.294. The van der Waals surface area contributed by atoms with Crippen LogP contribution in [0, 0.1) is 5.82 Å². The molecular formula is C21H20FN3O4. The van der Waals surface area contributed by atoms with Crippen LogP contribution in [-0.4, -0.2) is 54.8 Å². The summed E-state index contributed by atoms with van der Waals surface area (Å²) >= 11 is 0. The number of aromatic nitrogens is 2. The summed E-state index contributed by atoms with van der Waals surface area (Å²) in [4.78, 5) is 6.51. The van der Waals surface area contributed by atoms with E-state index in [1.54, 1.807) is 12.1 Å². The fourth-order valence-electron chi connectivity index (χ4n) is 3.55. The highest BCUT2D eigenvalue weighted by molar-refractivity contribution is 5.54. The first-order valence-electron chi connectivity index (χ1n) is 9.54. The van der Waals surface area contributed by atoms with Gasteiger partial charge in [-0.05, 0) is 41.6 Å². The van der Waals surface area contributed by atoms with Gasteiger partial charge in [-0.25, -0.2) is 4.39 Å². The van der Waals surface area contributed by atoms with Gasteiger partial charge in [-0.1, -0.05) is 18.2 Å². The number of rotatable bonds is 4. The summed E-state index contributed by atoms with van der Waals surface area (Å²) in [6.07, 6.45) is -0.444. The molecule has 0 bridgehead atoms. The molecule has 2 atom stereocenters. The van der Waals surface area contributed by atoms with E-state index in [9.17, 15) is 4.39 Å². The SMILES string of the molecule is Fc1ccc(OC2CO[C@H]3CN(c4noc(-c5ccccc5)n4)C[C@@H]3OC2)cc1. The molecule has 2 aliphatic heterocycles. The molecule has 7 nitrogen and oxygen atoms in total. The van der Waals surface area contributed by atoms with Gasteiger partial charge in [0.2, 0.25) is 0 Å². The van der Waals surface area contributed by atoms with Crippen LogP contribution in [0.2, 0.25) is 0 Å². The summed E-state index contributed by atoms with van der Waals surface area (Å²) < 4.78 is 36.3. The highest BCUT2D eigenvalue weighted by Gasteiger charge is 2.39. The van der Waals surface area contributed by atoms with Crippen molar-refractivity contribution in [1.82, 2.24) is 10.1 Å². The Labute approximate surface area is 167 Å². The second kappa shape index (κ2) is 7.81. The molecule has 0 radical (unpaired) electrons. The summed E-state index contributed by atoms with van der Waals surface area (Å²) in [5, 5.41) is 4.11. The van der Waals surface area contributed by atoms with Crippen LogP contribution in [0.15, 0.2) is 59.1 Å². The van der Waals surface area contributed by atoms with E-state index in [1.807, 2.05) is 35.2 Å². The van der Waals surface area contributed by atoms with Crippen LogP contribution in [0.25, 0.3) is 11.5 Å². The Morgan fingerprint density at radius 1 is 0.931 bits per heavy atom. The molecule has 5 rings (SSSR count). The van der Waals surface area contributed by atoms with Crippen molar-refractivity contribution in [3.8, 4) is 17.2 Å². The van der Waals surface area contributed by atoms with Crippen LogP contribution in [0.5, 0.6) is 5.75 Å². The predicted octanol–water partition coefficient (Wildman–Crippen LogP) is 2.93. The van der Waals surface area contributed by atoms with Crippen molar-refractivity contribution in [1.29, 1.82) is 0 Å². The van der Waals surface area contributed by atoms with E-state index in [1.165, 1.54) is 12.1 Å². The smallest absolute Gasteiger partial charge is 0.266 e. The van der Waals surface area contributed by atoms with Crippen LogP contribution in [-0.2, 0) is 9.47 Å². The Morgan fingerprint density at radius 3 is 2.31 bits per heavy atom. The summed E-state index contributed by atoms with van der Waals surface area (Å²) in [7, 11) is 0. The second-order valence-corrected chi connectivity index (χ2v) is 7.11. The van der Waals surface area contributed by atoms with Gasteiger partial charge in [-0.2, -0.15) is 4.98 Å². The number of anilines is 1. The van der Waals surface area contributed by atoms with Crippen LogP contribution in [0.3, 0.4) is 0 Å². The third-order valence-electron chi connectivity index (χ3n) is 5.04. The van der Waals surface area contributed by atoms with Crippen molar-refractivity contribution in [3.63, 3.8) is 0 Å². The molecule has 29 heavy (non-hydrogen) atoms. The maximum absolute atomic E-state index is 13.0. The monoisotopic (exact) mass is 397 g/mol. The van der Waals surface area contributed by atoms with Gasteiger partial charge in [-0.3, -0.25) is 0 Å². The molecule has 2 aromatic carbocycles. The fourth-order valence-corrected chi connectivity index (χ4v) is 3.55. The molecule has 2 fully saturated rings. The van der Waals surface area contributed by atoms with E-state index in [-0.39, 0.29) is 24.1 Å². The number of halogens is 1. The molecule has 0 saturated carbocycles. The summed E-state index contributed by atoms with van der Waals surface area (Å²) in [6, 6.07) is 15.6. The van der Waals surface area contributed by atoms with Crippen LogP contribution < -0.4 is 9.64 Å². The Kier molecular flexibility index (Phi) is 4.87. The molecule has 3 heterocycles. The van der Waals surface area contributed by atoms with Gasteiger partial charge in [0, 0.05) is 18.7 Å². The van der Waals surface area contributed by atoms with Gasteiger partial charge < -0.3 is 23.6 Å². The van der Waals surface area contributed by atoms with Crippen molar-refractivity contribution in [2.45, 2.75) is 18.3 Å². The van der Waals surface area contributed by atoms with Crippen molar-refractivity contribution in [3.05, 3.63) is 60.4 Å². The summed E-state index contributed by atoms with van der Waals surface area (Å²) in [6.45, 7) is 2.02. The van der Waals surface area contributed by atoms with Crippen LogP contribution in [0.4, 0.5) is 10.3 Å². The lowest BCUT2D eigenvalue weighted by molar-refractivity contribution is -0.00461. The number of ether oxygens (including phenoxy) is 3. The molecule has 0 unspecified atom stereocenters. The normalized spacial score (nSPS) is 22.3. The number of hydrogen-bond donors (Lipinski definition) is 0. The van der Waals surface area contributed by atoms with Crippen LogP contribution >= 0.6 is 0 Å². The molecule has 3 aromatic rings. The molecule has 1 aromatic heterocycles. The Balaban J connectivity index is 1.20. The number of nitrogens with zero attached hydrogens (tertiary/aromatic N) is 3. The zero-order chi connectivity index (χ0) is 19.6. The van der Waals surface area contributed by atoms with Crippen molar-refractivity contribution in [2.24, 2.45) is 0 Å². The molecule has 0 amide bonds. The molecule has 0 aliphatic carbocycles. The molecule has 8 heteroatoms. The third-order valence-corrected chi connectivity index (χ3v) is 5.04. The van der Waals surface area contributed by atoms with E-state index >= 15 is 0 Å². The number of fused-ring (bicyclic) bond motifs is 1. The van der Waals surface area contributed by atoms with Gasteiger partial charge in [0.15, 0.2) is 0 Å². The Hall–Kier alpha value is -2.97. The Morgan fingerprint density at radius 2 is 1.62 bits per heavy atom. The quantitative estimate of drug-likeness (QED) is 0.670. The second-order valence-electron chi connectivity index (χ2n) is 7.11. The highest BCUT2D eigenvalue weighted by Crippen LogP contribution is 2.27. The van der Waals surface area contributed by atoms with Gasteiger partial charge in [0.05, 0.1) is 13.2 Å². The number of hydrogen-bond acceptors (Lipinski definition) is 7. The minimum Gasteiger partial charge on any atom is -0.486 e. The molecule has 2 aliphatic rings. The highest BCUT2D eigenvalue weighted by atomic mass is 19.1. The third kappa shape index (κ3) is 3.94. The lowest BCUT2D eigenvalue weighted by Gasteiger charge is -2.18. The average molecular weight is 397 g/mol. The van der Waals surface area contributed by atoms with Crippen molar-refractivity contribution < 1.29 is 23.1 Å². The largest absolute Gasteiger partial charge is 0.486 e. The fraction of sp³-hybridized carbons (Fsp3) is 0.333. The topological polar surface area (TPSA) is 69.9 Å². The molecule has 0 spiro atoms. The van der Waals surface area contributed by atoms with Gasteiger partial charge in [0.1, 0.15) is 29.9 Å². The lowest BCUT2D eigenvalue weighted by atomic mass is 10.2. The van der Waals surface area contributed by atoms with Gasteiger partial charge in [0.25, 0.3) is 11.8 Å². The van der Waals surface area contributed by atoms with Crippen LogP contribution in [0.1, 0.15) is 0 Å². The molecule has 150 valence electrons. The van der Waals surface area contributed by atoms with E-state index in [0.717, 1.165) is 5.56 Å². The van der Waals surface area contributed by atoms with Crippen molar-refractivity contribution >= 4 is 5.95 Å². The molecule has 0 N–H and O–H groups in total. The first kappa shape index (κ1) is 18.1. The maximum Gasteiger partial charge on any atom is 0.266 e. The van der Waals surface area contributed by atoms with E-state index < -0.39 is 0 Å². The number of benzene rings is 2. The molecular weight excluding hydrogens is 377 g/mol. The van der Waals surface area contributed by atoms with Gasteiger partial charge >= 0.3 is 0 Å². The van der Waals surface area contributed by atoms with E-state index in [0.29, 0.717) is 43.9 Å². The summed E-state index contributed by atoms with van der Waals surface area (Å²) in [5.41, 5.74) is 0.882. The van der Waals surface area contributed by atoms with E-state index in [4.69, 9.17) is 18.7 Å². The Bertz CT molecular complexity index is 934. The zero-order valence-electron chi connectivity index (χ0n) is 15.6. The predicted molar refractivity (Wildman–Crippen MR) is 102 cm³/mol.